The summed E-state index contributed by atoms with van der Waals surface area (Å²) in [6.45, 7) is -0.400. The van der Waals surface area contributed by atoms with E-state index in [4.69, 9.17) is 0 Å². The molecule has 0 aromatic heterocycles. The van der Waals surface area contributed by atoms with Gasteiger partial charge in [-0.05, 0) is 25.3 Å². The van der Waals surface area contributed by atoms with Crippen LogP contribution in [0.5, 0.6) is 0 Å². The largest absolute Gasteiger partial charge is 0.394 e. The molecule has 1 saturated carbocycles. The monoisotopic (exact) mass is 304 g/mol. The van der Waals surface area contributed by atoms with E-state index >= 15 is 0 Å². The second-order valence-electron chi connectivity index (χ2n) is 4.77. The molecule has 1 aromatic carbocycles. The molecular formula is C11H13FN2O5S. The molecule has 0 heterocycles. The Balaban J connectivity index is 2.38. The van der Waals surface area contributed by atoms with Gasteiger partial charge in [-0.25, -0.2) is 17.5 Å². The number of nitrogens with one attached hydrogen (secondary N) is 1. The Hall–Kier alpha value is -1.58. The van der Waals surface area contributed by atoms with Gasteiger partial charge in [0.05, 0.1) is 17.1 Å². The summed E-state index contributed by atoms with van der Waals surface area (Å²) in [6.07, 6.45) is 1.64. The van der Waals surface area contributed by atoms with Crippen LogP contribution in [0.3, 0.4) is 0 Å². The Labute approximate surface area is 114 Å². The molecule has 2 rings (SSSR count). The van der Waals surface area contributed by atoms with Crippen molar-refractivity contribution in [3.63, 3.8) is 0 Å². The van der Waals surface area contributed by atoms with Gasteiger partial charge in [0.2, 0.25) is 10.0 Å². The summed E-state index contributed by atoms with van der Waals surface area (Å²) in [4.78, 5) is 9.04. The molecule has 9 heteroatoms. The highest BCUT2D eigenvalue weighted by molar-refractivity contribution is 7.89. The lowest BCUT2D eigenvalue weighted by molar-refractivity contribution is -0.385. The number of benzene rings is 1. The van der Waals surface area contributed by atoms with Crippen LogP contribution in [-0.2, 0) is 10.0 Å². The number of hydrogen-bond acceptors (Lipinski definition) is 5. The fourth-order valence-electron chi connectivity index (χ4n) is 2.05. The molecule has 1 fully saturated rings. The second kappa shape index (κ2) is 5.08. The molecular weight excluding hydrogens is 291 g/mol. The van der Waals surface area contributed by atoms with Crippen LogP contribution >= 0.6 is 0 Å². The summed E-state index contributed by atoms with van der Waals surface area (Å²) >= 11 is 0. The van der Waals surface area contributed by atoms with E-state index in [0.29, 0.717) is 18.9 Å². The number of nitro groups is 1. The molecule has 0 bridgehead atoms. The number of nitrogens with zero attached hydrogens (tertiary/aromatic N) is 1. The van der Waals surface area contributed by atoms with Gasteiger partial charge in [-0.2, -0.15) is 0 Å². The van der Waals surface area contributed by atoms with Crippen LogP contribution in [0.4, 0.5) is 10.1 Å². The first-order chi connectivity index (χ1) is 9.30. The number of non-ortho nitro benzene ring substituents is 1. The highest BCUT2D eigenvalue weighted by Crippen LogP contribution is 2.33. The fourth-order valence-corrected chi connectivity index (χ4v) is 3.60. The van der Waals surface area contributed by atoms with Crippen LogP contribution in [-0.4, -0.2) is 30.6 Å². The third-order valence-electron chi connectivity index (χ3n) is 3.38. The minimum atomic E-state index is -4.27. The van der Waals surface area contributed by atoms with E-state index in [1.165, 1.54) is 0 Å². The number of nitro benzene ring substituents is 1. The van der Waals surface area contributed by atoms with Crippen molar-refractivity contribution in [1.82, 2.24) is 4.72 Å². The summed E-state index contributed by atoms with van der Waals surface area (Å²) < 4.78 is 40.1. The lowest BCUT2D eigenvalue weighted by Gasteiger charge is -2.40. The molecule has 1 aromatic rings. The van der Waals surface area contributed by atoms with Crippen molar-refractivity contribution in [2.24, 2.45) is 0 Å². The van der Waals surface area contributed by atoms with Crippen molar-refractivity contribution in [2.45, 2.75) is 29.7 Å². The molecule has 1 aliphatic rings. The molecule has 0 amide bonds. The van der Waals surface area contributed by atoms with Crippen molar-refractivity contribution < 1.29 is 22.8 Å². The molecule has 0 aliphatic heterocycles. The maximum atomic E-state index is 13.6. The predicted octanol–water partition coefficient (Wildman–Crippen LogP) is 0.927. The first-order valence-corrected chi connectivity index (χ1v) is 7.37. The highest BCUT2D eigenvalue weighted by Gasteiger charge is 2.41. The van der Waals surface area contributed by atoms with E-state index in [1.807, 2.05) is 0 Å². The van der Waals surface area contributed by atoms with Gasteiger partial charge in [-0.15, -0.1) is 0 Å². The first kappa shape index (κ1) is 14.8. The molecule has 0 saturated heterocycles. The zero-order valence-corrected chi connectivity index (χ0v) is 11.2. The van der Waals surface area contributed by atoms with E-state index < -0.39 is 43.5 Å². The van der Waals surface area contributed by atoms with Crippen LogP contribution in [0.25, 0.3) is 0 Å². The Kier molecular flexibility index (Phi) is 3.76. The molecule has 0 radical (unpaired) electrons. The SMILES string of the molecule is O=[N+]([O-])c1ccc(F)c(S(=O)(=O)NC2(CO)CCC2)c1. The quantitative estimate of drug-likeness (QED) is 0.621. The first-order valence-electron chi connectivity index (χ1n) is 5.88. The van der Waals surface area contributed by atoms with Crippen LogP contribution < -0.4 is 4.72 Å². The lowest BCUT2D eigenvalue weighted by atomic mass is 9.78. The molecule has 0 atom stereocenters. The number of halogens is 1. The molecule has 0 spiro atoms. The Morgan fingerprint density at radius 3 is 2.55 bits per heavy atom. The van der Waals surface area contributed by atoms with E-state index in [-0.39, 0.29) is 0 Å². The summed E-state index contributed by atoms with van der Waals surface area (Å²) in [5.74, 6) is -1.07. The summed E-state index contributed by atoms with van der Waals surface area (Å²) in [5.41, 5.74) is -1.51. The molecule has 110 valence electrons. The normalized spacial score (nSPS) is 17.5. The highest BCUT2D eigenvalue weighted by atomic mass is 32.2. The zero-order chi connectivity index (χ0) is 15.0. The number of hydrogen-bond donors (Lipinski definition) is 2. The zero-order valence-electron chi connectivity index (χ0n) is 10.4. The van der Waals surface area contributed by atoms with Crippen LogP contribution in [0.2, 0.25) is 0 Å². The summed E-state index contributed by atoms with van der Waals surface area (Å²) in [6, 6.07) is 2.29. The number of sulfonamides is 1. The standard InChI is InChI=1S/C11H13FN2O5S/c12-9-3-2-8(14(16)17)6-10(9)20(18,19)13-11(7-15)4-1-5-11/h2-3,6,13,15H,1,4-5,7H2. The van der Waals surface area contributed by atoms with Crippen LogP contribution in [0.15, 0.2) is 23.1 Å². The predicted molar refractivity (Wildman–Crippen MR) is 67.0 cm³/mol. The van der Waals surface area contributed by atoms with E-state index in [9.17, 15) is 28.0 Å². The Morgan fingerprint density at radius 1 is 1.45 bits per heavy atom. The second-order valence-corrected chi connectivity index (χ2v) is 6.42. The van der Waals surface area contributed by atoms with Crippen molar-refractivity contribution in [2.75, 3.05) is 6.61 Å². The molecule has 0 unspecified atom stereocenters. The molecule has 7 nitrogen and oxygen atoms in total. The van der Waals surface area contributed by atoms with Gasteiger partial charge in [-0.3, -0.25) is 10.1 Å². The van der Waals surface area contributed by atoms with Gasteiger partial charge in [0, 0.05) is 12.1 Å². The van der Waals surface area contributed by atoms with Gasteiger partial charge in [0.25, 0.3) is 5.69 Å². The van der Waals surface area contributed by atoms with E-state index in [2.05, 4.69) is 4.72 Å². The minimum absolute atomic E-state index is 0.400. The average Bonchev–Trinajstić information content (AvgIpc) is 2.34. The van der Waals surface area contributed by atoms with Gasteiger partial charge in [-0.1, -0.05) is 0 Å². The molecule has 2 N–H and O–H groups in total. The van der Waals surface area contributed by atoms with Crippen molar-refractivity contribution in [3.05, 3.63) is 34.1 Å². The average molecular weight is 304 g/mol. The van der Waals surface area contributed by atoms with Crippen LogP contribution in [0.1, 0.15) is 19.3 Å². The smallest absolute Gasteiger partial charge is 0.270 e. The van der Waals surface area contributed by atoms with E-state index in [0.717, 1.165) is 18.6 Å². The molecule has 1 aliphatic carbocycles. The van der Waals surface area contributed by atoms with E-state index in [1.54, 1.807) is 0 Å². The van der Waals surface area contributed by atoms with Crippen LogP contribution in [0, 0.1) is 15.9 Å². The van der Waals surface area contributed by atoms with Gasteiger partial charge in [0.1, 0.15) is 10.7 Å². The number of rotatable bonds is 5. The summed E-state index contributed by atoms with van der Waals surface area (Å²) in [7, 11) is -4.27. The van der Waals surface area contributed by atoms with Gasteiger partial charge < -0.3 is 5.11 Å². The lowest BCUT2D eigenvalue weighted by Crippen LogP contribution is -2.56. The number of aliphatic hydroxyl groups excluding tert-OH is 1. The number of aliphatic hydroxyl groups is 1. The fraction of sp³-hybridized carbons (Fsp3) is 0.455. The summed E-state index contributed by atoms with van der Waals surface area (Å²) in [5, 5.41) is 19.9. The third kappa shape index (κ3) is 2.65. The van der Waals surface area contributed by atoms with Crippen molar-refractivity contribution in [3.8, 4) is 0 Å². The molecule has 20 heavy (non-hydrogen) atoms. The Morgan fingerprint density at radius 2 is 2.10 bits per heavy atom. The van der Waals surface area contributed by atoms with Gasteiger partial charge >= 0.3 is 0 Å². The van der Waals surface area contributed by atoms with Crippen molar-refractivity contribution in [1.29, 1.82) is 0 Å². The maximum Gasteiger partial charge on any atom is 0.270 e. The van der Waals surface area contributed by atoms with Crippen molar-refractivity contribution >= 4 is 15.7 Å². The minimum Gasteiger partial charge on any atom is -0.394 e. The topological polar surface area (TPSA) is 110 Å². The Bertz CT molecular complexity index is 637. The maximum absolute atomic E-state index is 13.6. The van der Waals surface area contributed by atoms with Gasteiger partial charge in [0.15, 0.2) is 0 Å². The third-order valence-corrected chi connectivity index (χ3v) is 4.97.